The summed E-state index contributed by atoms with van der Waals surface area (Å²) in [6.07, 6.45) is 0.989. The van der Waals surface area contributed by atoms with Gasteiger partial charge in [0.05, 0.1) is 6.54 Å². The van der Waals surface area contributed by atoms with Gasteiger partial charge in [-0.2, -0.15) is 4.80 Å². The van der Waals surface area contributed by atoms with Crippen LogP contribution in [0.5, 0.6) is 0 Å². The van der Waals surface area contributed by atoms with Crippen LogP contribution in [0, 0.1) is 13.8 Å². The van der Waals surface area contributed by atoms with Crippen LogP contribution in [0.25, 0.3) is 22.4 Å². The zero-order valence-electron chi connectivity index (χ0n) is 15.6. The van der Waals surface area contributed by atoms with Crippen LogP contribution >= 0.6 is 0 Å². The first kappa shape index (κ1) is 17.1. The fourth-order valence-electron chi connectivity index (χ4n) is 3.08. The van der Waals surface area contributed by atoms with E-state index in [0.29, 0.717) is 18.0 Å². The number of benzene rings is 2. The van der Waals surface area contributed by atoms with Gasteiger partial charge in [0, 0.05) is 17.0 Å². The predicted molar refractivity (Wildman–Crippen MR) is 104 cm³/mol. The second-order valence-electron chi connectivity index (χ2n) is 6.72. The third-order valence-corrected chi connectivity index (χ3v) is 4.83. The highest BCUT2D eigenvalue weighted by atomic mass is 16.4. The van der Waals surface area contributed by atoms with Crippen LogP contribution in [0.2, 0.25) is 0 Å². The Morgan fingerprint density at radius 1 is 1.04 bits per heavy atom. The van der Waals surface area contributed by atoms with Gasteiger partial charge < -0.3 is 4.42 Å². The topological polar surface area (TPSA) is 73.8 Å². The summed E-state index contributed by atoms with van der Waals surface area (Å²) in [4.78, 5) is 13.5. The molecule has 0 aliphatic rings. The van der Waals surface area contributed by atoms with E-state index < -0.39 is 0 Å². The highest BCUT2D eigenvalue weighted by Crippen LogP contribution is 2.22. The molecule has 0 bridgehead atoms. The third kappa shape index (κ3) is 3.38. The standard InChI is InChI=1S/C21H20N4O2/c1-4-15-5-7-16(8-6-15)21-22-24-25(23-21)12-17-11-20(26)27-19-10-14(3)13(2)9-18(17)19/h5-11H,4,12H2,1-3H3. The molecule has 0 aliphatic carbocycles. The first-order valence-electron chi connectivity index (χ1n) is 8.94. The van der Waals surface area contributed by atoms with Gasteiger partial charge in [0.2, 0.25) is 5.82 Å². The van der Waals surface area contributed by atoms with Crippen molar-refractivity contribution in [2.75, 3.05) is 0 Å². The molecule has 27 heavy (non-hydrogen) atoms. The monoisotopic (exact) mass is 360 g/mol. The van der Waals surface area contributed by atoms with E-state index in [1.165, 1.54) is 16.4 Å². The molecule has 0 saturated carbocycles. The second kappa shape index (κ2) is 6.79. The van der Waals surface area contributed by atoms with Crippen molar-refractivity contribution in [1.82, 2.24) is 20.2 Å². The van der Waals surface area contributed by atoms with E-state index >= 15 is 0 Å². The normalized spacial score (nSPS) is 11.2. The Kier molecular flexibility index (Phi) is 4.32. The van der Waals surface area contributed by atoms with Crippen LogP contribution in [-0.4, -0.2) is 20.2 Å². The Hall–Kier alpha value is -3.28. The van der Waals surface area contributed by atoms with E-state index in [9.17, 15) is 4.79 Å². The lowest BCUT2D eigenvalue weighted by Gasteiger charge is -2.07. The summed E-state index contributed by atoms with van der Waals surface area (Å²) in [6.45, 7) is 6.50. The van der Waals surface area contributed by atoms with Crippen molar-refractivity contribution in [3.05, 3.63) is 75.1 Å². The Balaban J connectivity index is 1.69. The molecule has 6 heteroatoms. The molecule has 2 aromatic heterocycles. The van der Waals surface area contributed by atoms with Crippen molar-refractivity contribution < 1.29 is 4.42 Å². The van der Waals surface area contributed by atoms with Crippen LogP contribution in [0.4, 0.5) is 0 Å². The largest absolute Gasteiger partial charge is 0.423 e. The fourth-order valence-corrected chi connectivity index (χ4v) is 3.08. The minimum absolute atomic E-state index is 0.352. The van der Waals surface area contributed by atoms with Gasteiger partial charge in [0.15, 0.2) is 0 Å². The van der Waals surface area contributed by atoms with Gasteiger partial charge in [0.1, 0.15) is 5.58 Å². The molecule has 0 saturated heterocycles. The van der Waals surface area contributed by atoms with Crippen molar-refractivity contribution in [3.63, 3.8) is 0 Å². The smallest absolute Gasteiger partial charge is 0.336 e. The maximum absolute atomic E-state index is 11.9. The lowest BCUT2D eigenvalue weighted by molar-refractivity contribution is 0.545. The highest BCUT2D eigenvalue weighted by molar-refractivity contribution is 5.81. The molecule has 0 spiro atoms. The second-order valence-corrected chi connectivity index (χ2v) is 6.72. The molecule has 4 aromatic rings. The van der Waals surface area contributed by atoms with Crippen LogP contribution in [0.15, 0.2) is 51.7 Å². The number of nitrogens with zero attached hydrogens (tertiary/aromatic N) is 4. The van der Waals surface area contributed by atoms with Crippen molar-refractivity contribution in [1.29, 1.82) is 0 Å². The molecule has 6 nitrogen and oxygen atoms in total. The molecule has 0 aliphatic heterocycles. The number of hydrogen-bond donors (Lipinski definition) is 0. The number of fused-ring (bicyclic) bond motifs is 1. The Labute approximate surface area is 156 Å². The molecule has 136 valence electrons. The van der Waals surface area contributed by atoms with Gasteiger partial charge >= 0.3 is 5.63 Å². The van der Waals surface area contributed by atoms with Crippen molar-refractivity contribution in [2.45, 2.75) is 33.7 Å². The average Bonchev–Trinajstić information content (AvgIpc) is 3.12. The minimum Gasteiger partial charge on any atom is -0.423 e. The predicted octanol–water partition coefficient (Wildman–Crippen LogP) is 3.67. The molecule has 0 fully saturated rings. The quantitative estimate of drug-likeness (QED) is 0.519. The maximum Gasteiger partial charge on any atom is 0.336 e. The molecule has 0 atom stereocenters. The molecule has 0 radical (unpaired) electrons. The molecule has 0 N–H and O–H groups in total. The third-order valence-electron chi connectivity index (χ3n) is 4.83. The van der Waals surface area contributed by atoms with Gasteiger partial charge in [-0.1, -0.05) is 31.2 Å². The lowest BCUT2D eigenvalue weighted by Crippen LogP contribution is -2.08. The summed E-state index contributed by atoms with van der Waals surface area (Å²) in [7, 11) is 0. The summed E-state index contributed by atoms with van der Waals surface area (Å²) in [5.41, 5.74) is 5.42. The summed E-state index contributed by atoms with van der Waals surface area (Å²) in [6, 6.07) is 13.6. The summed E-state index contributed by atoms with van der Waals surface area (Å²) in [5, 5.41) is 13.7. The first-order chi connectivity index (χ1) is 13.0. The van der Waals surface area contributed by atoms with E-state index in [0.717, 1.165) is 34.1 Å². The van der Waals surface area contributed by atoms with Gasteiger partial charge in [-0.25, -0.2) is 4.79 Å². The summed E-state index contributed by atoms with van der Waals surface area (Å²) >= 11 is 0. The zero-order valence-corrected chi connectivity index (χ0v) is 15.6. The Bertz CT molecular complexity index is 1170. The van der Waals surface area contributed by atoms with Gasteiger partial charge in [-0.05, 0) is 59.9 Å². The SMILES string of the molecule is CCc1ccc(-c2nnn(Cc3cc(=O)oc4cc(C)c(C)cc34)n2)cc1. The molecular weight excluding hydrogens is 340 g/mol. The van der Waals surface area contributed by atoms with E-state index in [2.05, 4.69) is 34.5 Å². The molecule has 0 amide bonds. The van der Waals surface area contributed by atoms with Crippen molar-refractivity contribution in [3.8, 4) is 11.4 Å². The van der Waals surface area contributed by atoms with Gasteiger partial charge in [0.25, 0.3) is 0 Å². The molecule has 2 heterocycles. The van der Waals surface area contributed by atoms with Crippen LogP contribution in [-0.2, 0) is 13.0 Å². The summed E-state index contributed by atoms with van der Waals surface area (Å²) in [5.74, 6) is 0.567. The number of aryl methyl sites for hydroxylation is 3. The Morgan fingerprint density at radius 2 is 1.78 bits per heavy atom. The fraction of sp³-hybridized carbons (Fsp3) is 0.238. The molecular formula is C21H20N4O2. The highest BCUT2D eigenvalue weighted by Gasteiger charge is 2.11. The minimum atomic E-state index is -0.378. The molecule has 2 aromatic carbocycles. The number of rotatable bonds is 4. The van der Waals surface area contributed by atoms with E-state index in [-0.39, 0.29) is 5.63 Å². The molecule has 0 unspecified atom stereocenters. The summed E-state index contributed by atoms with van der Waals surface area (Å²) < 4.78 is 5.35. The Morgan fingerprint density at radius 3 is 2.52 bits per heavy atom. The van der Waals surface area contributed by atoms with Crippen LogP contribution in [0.3, 0.4) is 0 Å². The van der Waals surface area contributed by atoms with Crippen molar-refractivity contribution in [2.24, 2.45) is 0 Å². The van der Waals surface area contributed by atoms with Gasteiger partial charge in [-0.15, -0.1) is 10.2 Å². The number of tetrazole rings is 1. The van der Waals surface area contributed by atoms with Gasteiger partial charge in [-0.3, -0.25) is 0 Å². The van der Waals surface area contributed by atoms with Crippen LogP contribution < -0.4 is 5.63 Å². The number of hydrogen-bond acceptors (Lipinski definition) is 5. The number of aromatic nitrogens is 4. The van der Waals surface area contributed by atoms with Crippen LogP contribution in [0.1, 0.15) is 29.2 Å². The van der Waals surface area contributed by atoms with Crippen molar-refractivity contribution >= 4 is 11.0 Å². The van der Waals surface area contributed by atoms with E-state index in [1.54, 1.807) is 0 Å². The lowest BCUT2D eigenvalue weighted by atomic mass is 10.0. The first-order valence-corrected chi connectivity index (χ1v) is 8.94. The van der Waals surface area contributed by atoms with E-state index in [4.69, 9.17) is 4.42 Å². The zero-order chi connectivity index (χ0) is 19.0. The molecule has 4 rings (SSSR count). The maximum atomic E-state index is 11.9. The van der Waals surface area contributed by atoms with E-state index in [1.807, 2.05) is 38.1 Å². The average molecular weight is 360 g/mol.